The average molecular weight is 272 g/mol. The first-order chi connectivity index (χ1) is 9.78. The second-order valence-corrected chi connectivity index (χ2v) is 6.75. The summed E-state index contributed by atoms with van der Waals surface area (Å²) in [7, 11) is 0. The third-order valence-electron chi connectivity index (χ3n) is 5.06. The Morgan fingerprint density at radius 2 is 2.00 bits per heavy atom. The van der Waals surface area contributed by atoms with Crippen LogP contribution >= 0.6 is 0 Å². The minimum Gasteiger partial charge on any atom is -0.311 e. The smallest absolute Gasteiger partial charge is 0.0473 e. The number of hydrogen-bond acceptors (Lipinski definition) is 2. The molecule has 0 radical (unpaired) electrons. The van der Waals surface area contributed by atoms with Crippen molar-refractivity contribution in [2.45, 2.75) is 45.2 Å². The quantitative estimate of drug-likeness (QED) is 0.883. The molecule has 1 N–H and O–H groups in total. The van der Waals surface area contributed by atoms with Crippen LogP contribution in [0.3, 0.4) is 0 Å². The Morgan fingerprint density at radius 3 is 2.65 bits per heavy atom. The summed E-state index contributed by atoms with van der Waals surface area (Å²) in [4.78, 5) is 2.75. The van der Waals surface area contributed by atoms with E-state index in [1.165, 1.54) is 37.9 Å². The van der Waals surface area contributed by atoms with Gasteiger partial charge in [0, 0.05) is 31.7 Å². The van der Waals surface area contributed by atoms with Crippen LogP contribution in [0.25, 0.3) is 0 Å². The summed E-state index contributed by atoms with van der Waals surface area (Å²) in [6.07, 6.45) is 4.02. The Hall–Kier alpha value is -0.860. The Labute approximate surface area is 123 Å². The number of nitrogens with zero attached hydrogens (tertiary/aromatic N) is 1. The molecule has 2 fully saturated rings. The molecule has 0 bridgehead atoms. The molecule has 1 aromatic carbocycles. The van der Waals surface area contributed by atoms with Crippen LogP contribution in [0.5, 0.6) is 0 Å². The normalized spacial score (nSPS) is 34.1. The molecule has 1 aromatic rings. The summed E-state index contributed by atoms with van der Waals surface area (Å²) in [5.74, 6) is 1.90. The topological polar surface area (TPSA) is 15.3 Å². The molecular weight excluding hydrogens is 244 g/mol. The number of rotatable bonds is 5. The van der Waals surface area contributed by atoms with Gasteiger partial charge in [-0.25, -0.2) is 0 Å². The highest BCUT2D eigenvalue weighted by molar-refractivity contribution is 5.20. The van der Waals surface area contributed by atoms with Crippen LogP contribution < -0.4 is 5.32 Å². The van der Waals surface area contributed by atoms with E-state index in [1.54, 1.807) is 0 Å². The molecule has 1 heterocycles. The molecule has 20 heavy (non-hydrogen) atoms. The van der Waals surface area contributed by atoms with Crippen LogP contribution in [0, 0.1) is 11.8 Å². The van der Waals surface area contributed by atoms with Gasteiger partial charge in [-0.3, -0.25) is 4.90 Å². The minimum absolute atomic E-state index is 0.567. The van der Waals surface area contributed by atoms with E-state index in [0.717, 1.165) is 18.4 Å². The molecule has 1 saturated heterocycles. The van der Waals surface area contributed by atoms with Gasteiger partial charge in [0.2, 0.25) is 0 Å². The molecule has 4 unspecified atom stereocenters. The fourth-order valence-electron chi connectivity index (χ4n) is 3.58. The van der Waals surface area contributed by atoms with Crippen molar-refractivity contribution in [3.63, 3.8) is 0 Å². The van der Waals surface area contributed by atoms with Gasteiger partial charge in [0.1, 0.15) is 0 Å². The molecule has 1 aliphatic heterocycles. The molecule has 2 nitrogen and oxygen atoms in total. The lowest BCUT2D eigenvalue weighted by atomic mass is 9.99. The molecule has 0 amide bonds. The van der Waals surface area contributed by atoms with E-state index < -0.39 is 0 Å². The summed E-state index contributed by atoms with van der Waals surface area (Å²) < 4.78 is 0. The zero-order valence-electron chi connectivity index (χ0n) is 12.9. The molecule has 2 heteroatoms. The largest absolute Gasteiger partial charge is 0.311 e. The molecular formula is C18H28N2. The molecule has 0 aromatic heterocycles. The van der Waals surface area contributed by atoms with Crippen molar-refractivity contribution >= 4 is 0 Å². The molecule has 2 aliphatic rings. The Morgan fingerprint density at radius 1 is 1.25 bits per heavy atom. The van der Waals surface area contributed by atoms with Crippen molar-refractivity contribution in [3.05, 3.63) is 35.9 Å². The summed E-state index contributed by atoms with van der Waals surface area (Å²) in [6.45, 7) is 8.31. The van der Waals surface area contributed by atoms with Crippen LogP contribution in [-0.2, 0) is 0 Å². The molecule has 3 rings (SSSR count). The number of piperazine rings is 1. The monoisotopic (exact) mass is 272 g/mol. The first kappa shape index (κ1) is 14.1. The van der Waals surface area contributed by atoms with Gasteiger partial charge in [0.25, 0.3) is 0 Å². The number of nitrogens with one attached hydrogen (secondary N) is 1. The SMILES string of the molecule is CCCC1CN(CC2CC2C)C(c2ccccc2)CN1. The first-order valence-corrected chi connectivity index (χ1v) is 8.30. The number of benzene rings is 1. The second kappa shape index (κ2) is 6.28. The van der Waals surface area contributed by atoms with E-state index in [4.69, 9.17) is 0 Å². The van der Waals surface area contributed by atoms with Crippen LogP contribution in [-0.4, -0.2) is 30.6 Å². The summed E-state index contributed by atoms with van der Waals surface area (Å²) >= 11 is 0. The summed E-state index contributed by atoms with van der Waals surface area (Å²) in [5, 5.41) is 3.76. The first-order valence-electron chi connectivity index (χ1n) is 8.30. The van der Waals surface area contributed by atoms with Crippen molar-refractivity contribution in [2.24, 2.45) is 11.8 Å². The van der Waals surface area contributed by atoms with E-state index in [2.05, 4.69) is 54.4 Å². The summed E-state index contributed by atoms with van der Waals surface area (Å²) in [5.41, 5.74) is 1.48. The Bertz CT molecular complexity index is 417. The van der Waals surface area contributed by atoms with Gasteiger partial charge in [-0.15, -0.1) is 0 Å². The van der Waals surface area contributed by atoms with Crippen LogP contribution in [0.15, 0.2) is 30.3 Å². The summed E-state index contributed by atoms with van der Waals surface area (Å²) in [6, 6.07) is 12.3. The lowest BCUT2D eigenvalue weighted by Crippen LogP contribution is -2.52. The Kier molecular flexibility index (Phi) is 4.42. The second-order valence-electron chi connectivity index (χ2n) is 6.75. The average Bonchev–Trinajstić information content (AvgIpc) is 3.16. The lowest BCUT2D eigenvalue weighted by Gasteiger charge is -2.41. The molecule has 0 spiro atoms. The third kappa shape index (κ3) is 3.24. The van der Waals surface area contributed by atoms with Gasteiger partial charge in [0.05, 0.1) is 0 Å². The zero-order valence-corrected chi connectivity index (χ0v) is 12.9. The van der Waals surface area contributed by atoms with E-state index in [9.17, 15) is 0 Å². The van der Waals surface area contributed by atoms with Gasteiger partial charge >= 0.3 is 0 Å². The molecule has 4 atom stereocenters. The van der Waals surface area contributed by atoms with Gasteiger partial charge in [-0.1, -0.05) is 50.6 Å². The van der Waals surface area contributed by atoms with Gasteiger partial charge in [0.15, 0.2) is 0 Å². The highest BCUT2D eigenvalue weighted by Crippen LogP contribution is 2.40. The van der Waals surface area contributed by atoms with Crippen LogP contribution in [0.4, 0.5) is 0 Å². The predicted molar refractivity (Wildman–Crippen MR) is 84.7 cm³/mol. The highest BCUT2D eigenvalue weighted by atomic mass is 15.2. The number of hydrogen-bond donors (Lipinski definition) is 1. The van der Waals surface area contributed by atoms with E-state index >= 15 is 0 Å². The van der Waals surface area contributed by atoms with Crippen molar-refractivity contribution in [3.8, 4) is 0 Å². The Balaban J connectivity index is 1.70. The van der Waals surface area contributed by atoms with Gasteiger partial charge < -0.3 is 5.32 Å². The van der Waals surface area contributed by atoms with E-state index in [-0.39, 0.29) is 0 Å². The van der Waals surface area contributed by atoms with Crippen LogP contribution in [0.2, 0.25) is 0 Å². The minimum atomic E-state index is 0.567. The van der Waals surface area contributed by atoms with E-state index in [0.29, 0.717) is 12.1 Å². The van der Waals surface area contributed by atoms with Crippen molar-refractivity contribution in [1.29, 1.82) is 0 Å². The third-order valence-corrected chi connectivity index (χ3v) is 5.06. The standard InChI is InChI=1S/C18H28N2/c1-3-7-17-13-20(12-16-10-14(16)2)18(11-19-17)15-8-5-4-6-9-15/h4-6,8-9,14,16-19H,3,7,10-13H2,1-2H3. The fraction of sp³-hybridized carbons (Fsp3) is 0.667. The molecule has 1 aliphatic carbocycles. The van der Waals surface area contributed by atoms with Gasteiger partial charge in [-0.05, 0) is 30.2 Å². The fourth-order valence-corrected chi connectivity index (χ4v) is 3.58. The maximum absolute atomic E-state index is 3.76. The van der Waals surface area contributed by atoms with Crippen LogP contribution in [0.1, 0.15) is 44.7 Å². The maximum atomic E-state index is 3.76. The maximum Gasteiger partial charge on any atom is 0.0473 e. The zero-order chi connectivity index (χ0) is 13.9. The molecule has 110 valence electrons. The van der Waals surface area contributed by atoms with Gasteiger partial charge in [-0.2, -0.15) is 0 Å². The lowest BCUT2D eigenvalue weighted by molar-refractivity contribution is 0.119. The highest BCUT2D eigenvalue weighted by Gasteiger charge is 2.37. The predicted octanol–water partition coefficient (Wildman–Crippen LogP) is 3.46. The van der Waals surface area contributed by atoms with Crippen molar-refractivity contribution in [2.75, 3.05) is 19.6 Å². The van der Waals surface area contributed by atoms with Crippen molar-refractivity contribution < 1.29 is 0 Å². The molecule has 1 saturated carbocycles. The van der Waals surface area contributed by atoms with Crippen molar-refractivity contribution in [1.82, 2.24) is 10.2 Å². The van der Waals surface area contributed by atoms with E-state index in [1.807, 2.05) is 0 Å².